The van der Waals surface area contributed by atoms with Crippen molar-refractivity contribution in [2.24, 2.45) is 5.92 Å². The van der Waals surface area contributed by atoms with E-state index in [-0.39, 0.29) is 11.7 Å². The van der Waals surface area contributed by atoms with E-state index in [9.17, 15) is 9.18 Å². The van der Waals surface area contributed by atoms with Crippen LogP contribution >= 0.6 is 0 Å². The van der Waals surface area contributed by atoms with Crippen molar-refractivity contribution in [2.75, 3.05) is 0 Å². The Balaban J connectivity index is 1.16. The Morgan fingerprint density at radius 1 is 1.03 bits per heavy atom. The van der Waals surface area contributed by atoms with E-state index in [0.717, 1.165) is 66.3 Å². The molecule has 6 rings (SSSR count). The number of rotatable bonds is 5. The van der Waals surface area contributed by atoms with E-state index >= 15 is 0 Å². The first-order valence-corrected chi connectivity index (χ1v) is 12.4. The molecular weight excluding hydrogens is 427 g/mol. The van der Waals surface area contributed by atoms with Crippen LogP contribution in [0.15, 0.2) is 48.7 Å². The molecule has 2 aromatic carbocycles. The summed E-state index contributed by atoms with van der Waals surface area (Å²) in [6, 6.07) is 13.0. The summed E-state index contributed by atoms with van der Waals surface area (Å²) < 4.78 is 13.9. The molecule has 2 aromatic heterocycles. The Morgan fingerprint density at radius 3 is 2.65 bits per heavy atom. The van der Waals surface area contributed by atoms with Crippen LogP contribution in [-0.2, 0) is 0 Å². The summed E-state index contributed by atoms with van der Waals surface area (Å²) in [5.74, 6) is 2.06. The molecule has 0 saturated heterocycles. The maximum atomic E-state index is 13.9. The molecular formula is C28H29FN4O. The van der Waals surface area contributed by atoms with Crippen LogP contribution < -0.4 is 5.32 Å². The van der Waals surface area contributed by atoms with E-state index in [1.54, 1.807) is 12.1 Å². The van der Waals surface area contributed by atoms with E-state index < -0.39 is 0 Å². The van der Waals surface area contributed by atoms with Crippen LogP contribution in [-0.4, -0.2) is 26.9 Å². The Labute approximate surface area is 198 Å². The predicted molar refractivity (Wildman–Crippen MR) is 131 cm³/mol. The molecule has 6 heteroatoms. The minimum absolute atomic E-state index is 0.0103. The van der Waals surface area contributed by atoms with Crippen molar-refractivity contribution in [3.8, 4) is 0 Å². The number of fused-ring (bicyclic) bond motifs is 2. The number of imidazole rings is 1. The zero-order valence-electron chi connectivity index (χ0n) is 19.4. The number of pyridine rings is 1. The normalized spacial score (nSPS) is 21.6. The number of hydrogen-bond acceptors (Lipinski definition) is 3. The molecule has 2 aliphatic rings. The molecule has 2 saturated carbocycles. The number of nitrogens with one attached hydrogen (secondary N) is 2. The standard InChI is InChI=1S/C28H29FN4O/c1-16(27-32-25-10-6-19(14-26(25)33-27)28(34)31-21-8-9-21)17-2-4-18(5-3-17)22-12-13-30-24-11-7-20(29)15-23(22)24/h6-7,10-18,21H,2-5,8-9H2,1H3,(H,31,34)(H,32,33)/t16-,17-,18+/m1/s1. The van der Waals surface area contributed by atoms with Crippen LogP contribution in [0.4, 0.5) is 4.39 Å². The lowest BCUT2D eigenvalue weighted by atomic mass is 9.73. The third-order valence-corrected chi connectivity index (χ3v) is 7.76. The quantitative estimate of drug-likeness (QED) is 0.374. The zero-order chi connectivity index (χ0) is 23.2. The second kappa shape index (κ2) is 8.49. The Morgan fingerprint density at radius 2 is 1.85 bits per heavy atom. The van der Waals surface area contributed by atoms with Crippen molar-refractivity contribution in [3.05, 3.63) is 71.4 Å². The van der Waals surface area contributed by atoms with Gasteiger partial charge in [0.05, 0.1) is 16.6 Å². The molecule has 0 aliphatic heterocycles. The molecule has 4 aromatic rings. The molecule has 34 heavy (non-hydrogen) atoms. The fourth-order valence-electron chi connectivity index (χ4n) is 5.53. The summed E-state index contributed by atoms with van der Waals surface area (Å²) in [6.45, 7) is 2.25. The molecule has 2 fully saturated rings. The van der Waals surface area contributed by atoms with Gasteiger partial charge in [-0.05, 0) is 98.4 Å². The van der Waals surface area contributed by atoms with Crippen LogP contribution in [0.1, 0.15) is 79.0 Å². The lowest BCUT2D eigenvalue weighted by Crippen LogP contribution is -2.25. The minimum Gasteiger partial charge on any atom is -0.349 e. The summed E-state index contributed by atoms with van der Waals surface area (Å²) in [6.07, 6.45) is 8.38. The fraction of sp³-hybridized carbons (Fsp3) is 0.393. The van der Waals surface area contributed by atoms with E-state index in [1.165, 1.54) is 11.6 Å². The fourth-order valence-corrected chi connectivity index (χ4v) is 5.53. The van der Waals surface area contributed by atoms with Gasteiger partial charge < -0.3 is 10.3 Å². The van der Waals surface area contributed by atoms with Gasteiger partial charge in [0, 0.05) is 29.1 Å². The molecule has 174 valence electrons. The molecule has 2 N–H and O–H groups in total. The average molecular weight is 457 g/mol. The van der Waals surface area contributed by atoms with Crippen LogP contribution in [0.25, 0.3) is 21.9 Å². The average Bonchev–Trinajstić information content (AvgIpc) is 3.57. The summed E-state index contributed by atoms with van der Waals surface area (Å²) in [4.78, 5) is 25.2. The van der Waals surface area contributed by atoms with Crippen molar-refractivity contribution >= 4 is 27.8 Å². The Bertz CT molecular complexity index is 1370. The second-order valence-electron chi connectivity index (χ2n) is 10.1. The highest BCUT2D eigenvalue weighted by molar-refractivity contribution is 5.97. The number of nitrogens with zero attached hydrogens (tertiary/aromatic N) is 2. The van der Waals surface area contributed by atoms with Crippen molar-refractivity contribution in [2.45, 2.75) is 63.3 Å². The number of amides is 1. The van der Waals surface area contributed by atoms with Gasteiger partial charge in [0.2, 0.25) is 0 Å². The summed E-state index contributed by atoms with van der Waals surface area (Å²) in [7, 11) is 0. The third kappa shape index (κ3) is 4.06. The lowest BCUT2D eigenvalue weighted by molar-refractivity contribution is 0.0951. The summed E-state index contributed by atoms with van der Waals surface area (Å²) in [5.41, 5.74) is 4.58. The molecule has 5 nitrogen and oxygen atoms in total. The SMILES string of the molecule is C[C@@H](c1nc2cc(C(=O)NC3CC3)ccc2[nH]1)[C@H]1CC[C@@H](c2ccnc3ccc(F)cc32)CC1. The lowest BCUT2D eigenvalue weighted by Gasteiger charge is -2.32. The Kier molecular flexibility index (Phi) is 5.31. The number of carbonyl (C=O) groups is 1. The molecule has 0 unspecified atom stereocenters. The first-order chi connectivity index (χ1) is 16.5. The zero-order valence-corrected chi connectivity index (χ0v) is 19.4. The second-order valence-corrected chi connectivity index (χ2v) is 10.1. The summed E-state index contributed by atoms with van der Waals surface area (Å²) in [5, 5.41) is 3.99. The van der Waals surface area contributed by atoms with E-state index in [0.29, 0.717) is 29.4 Å². The molecule has 2 aliphatic carbocycles. The molecule has 1 atom stereocenters. The van der Waals surface area contributed by atoms with E-state index in [4.69, 9.17) is 4.98 Å². The van der Waals surface area contributed by atoms with E-state index in [1.807, 2.05) is 24.4 Å². The van der Waals surface area contributed by atoms with Gasteiger partial charge in [-0.25, -0.2) is 9.37 Å². The molecule has 0 radical (unpaired) electrons. The maximum Gasteiger partial charge on any atom is 0.251 e. The topological polar surface area (TPSA) is 70.7 Å². The number of halogens is 1. The highest BCUT2D eigenvalue weighted by Crippen LogP contribution is 2.43. The van der Waals surface area contributed by atoms with Gasteiger partial charge in [-0.3, -0.25) is 9.78 Å². The van der Waals surface area contributed by atoms with Gasteiger partial charge in [0.15, 0.2) is 0 Å². The number of H-pyrrole nitrogens is 1. The smallest absolute Gasteiger partial charge is 0.251 e. The van der Waals surface area contributed by atoms with Gasteiger partial charge in [0.25, 0.3) is 5.91 Å². The predicted octanol–water partition coefficient (Wildman–Crippen LogP) is 6.22. The van der Waals surface area contributed by atoms with Crippen LogP contribution in [0, 0.1) is 11.7 Å². The van der Waals surface area contributed by atoms with Crippen molar-refractivity contribution < 1.29 is 9.18 Å². The number of aromatic nitrogens is 3. The number of hydrogen-bond donors (Lipinski definition) is 2. The van der Waals surface area contributed by atoms with Crippen molar-refractivity contribution in [1.82, 2.24) is 20.3 Å². The van der Waals surface area contributed by atoms with Crippen LogP contribution in [0.5, 0.6) is 0 Å². The Hall–Kier alpha value is -3.28. The third-order valence-electron chi connectivity index (χ3n) is 7.76. The van der Waals surface area contributed by atoms with Gasteiger partial charge in [0.1, 0.15) is 11.6 Å². The molecule has 2 heterocycles. The van der Waals surface area contributed by atoms with Gasteiger partial charge in [-0.1, -0.05) is 6.92 Å². The van der Waals surface area contributed by atoms with Crippen LogP contribution in [0.2, 0.25) is 0 Å². The molecule has 1 amide bonds. The highest BCUT2D eigenvalue weighted by atomic mass is 19.1. The largest absolute Gasteiger partial charge is 0.349 e. The van der Waals surface area contributed by atoms with Gasteiger partial charge in [-0.2, -0.15) is 0 Å². The maximum absolute atomic E-state index is 13.9. The molecule has 0 spiro atoms. The minimum atomic E-state index is -0.206. The number of carbonyl (C=O) groups excluding carboxylic acids is 1. The highest BCUT2D eigenvalue weighted by Gasteiger charge is 2.29. The van der Waals surface area contributed by atoms with E-state index in [2.05, 4.69) is 28.3 Å². The van der Waals surface area contributed by atoms with Gasteiger partial charge >= 0.3 is 0 Å². The monoisotopic (exact) mass is 456 g/mol. The first kappa shape index (κ1) is 21.3. The van der Waals surface area contributed by atoms with Crippen molar-refractivity contribution in [3.63, 3.8) is 0 Å². The summed E-state index contributed by atoms with van der Waals surface area (Å²) >= 11 is 0. The van der Waals surface area contributed by atoms with Crippen molar-refractivity contribution in [1.29, 1.82) is 0 Å². The van der Waals surface area contributed by atoms with Gasteiger partial charge in [-0.15, -0.1) is 0 Å². The first-order valence-electron chi connectivity index (χ1n) is 12.4. The number of aromatic amines is 1. The number of benzene rings is 2. The van der Waals surface area contributed by atoms with Crippen LogP contribution in [0.3, 0.4) is 0 Å². The molecule has 0 bridgehead atoms.